The first-order valence-corrected chi connectivity index (χ1v) is 14.4. The van der Waals surface area contributed by atoms with Crippen LogP contribution in [0.2, 0.25) is 0 Å². The van der Waals surface area contributed by atoms with E-state index in [2.05, 4.69) is 65.8 Å². The second kappa shape index (κ2) is 19.7. The molecule has 200 valence electrons. The quantitative estimate of drug-likeness (QED) is 0.148. The Bertz CT molecular complexity index is 766. The maximum atomic E-state index is 12.1. The SMILES string of the molecule is CC(C)=CCCC(C)=CCCC(C)=CCOP(=O)(O)OCC=C(C)CCC=C(C)CCC=C(C)C. The molecule has 4 nitrogen and oxygen atoms in total. The maximum Gasteiger partial charge on any atom is 0.472 e. The van der Waals surface area contributed by atoms with E-state index in [1.165, 1.54) is 22.3 Å². The zero-order valence-electron chi connectivity index (χ0n) is 23.7. The van der Waals surface area contributed by atoms with Crippen molar-refractivity contribution in [3.8, 4) is 0 Å². The van der Waals surface area contributed by atoms with Crippen LogP contribution in [0.4, 0.5) is 0 Å². The van der Waals surface area contributed by atoms with Crippen molar-refractivity contribution in [1.82, 2.24) is 0 Å². The molecule has 0 bridgehead atoms. The van der Waals surface area contributed by atoms with Crippen molar-refractivity contribution in [2.24, 2.45) is 0 Å². The molecule has 0 heterocycles. The molecule has 35 heavy (non-hydrogen) atoms. The molecule has 0 radical (unpaired) electrons. The lowest BCUT2D eigenvalue weighted by atomic mass is 10.1. The van der Waals surface area contributed by atoms with Gasteiger partial charge in [0.25, 0.3) is 0 Å². The predicted octanol–water partition coefficient (Wildman–Crippen LogP) is 9.96. The van der Waals surface area contributed by atoms with E-state index in [-0.39, 0.29) is 13.2 Å². The molecule has 1 N–H and O–H groups in total. The third-order valence-electron chi connectivity index (χ3n) is 5.58. The summed E-state index contributed by atoms with van der Waals surface area (Å²) in [5.41, 5.74) is 7.79. The van der Waals surface area contributed by atoms with E-state index < -0.39 is 7.82 Å². The predicted molar refractivity (Wildman–Crippen MR) is 153 cm³/mol. The minimum Gasteiger partial charge on any atom is -0.302 e. The third kappa shape index (κ3) is 22.7. The highest BCUT2D eigenvalue weighted by Gasteiger charge is 2.19. The monoisotopic (exact) mass is 506 g/mol. The van der Waals surface area contributed by atoms with E-state index in [1.54, 1.807) is 0 Å². The molecule has 0 aliphatic heterocycles. The van der Waals surface area contributed by atoms with Gasteiger partial charge in [-0.25, -0.2) is 4.57 Å². The van der Waals surface area contributed by atoms with Crippen molar-refractivity contribution in [1.29, 1.82) is 0 Å². The number of hydrogen-bond acceptors (Lipinski definition) is 3. The highest BCUT2D eigenvalue weighted by Crippen LogP contribution is 2.43. The average Bonchev–Trinajstić information content (AvgIpc) is 2.73. The molecule has 0 amide bonds. The Morgan fingerprint density at radius 2 is 0.829 bits per heavy atom. The number of phosphoric acid groups is 1. The topological polar surface area (TPSA) is 55.8 Å². The van der Waals surface area contributed by atoms with Gasteiger partial charge in [-0.1, -0.05) is 69.9 Å². The van der Waals surface area contributed by atoms with Gasteiger partial charge in [-0.05, 0) is 107 Å². The molecule has 0 aromatic rings. The number of phosphoric ester groups is 1. The van der Waals surface area contributed by atoms with Gasteiger partial charge in [0, 0.05) is 0 Å². The molecule has 0 fully saturated rings. The fourth-order valence-electron chi connectivity index (χ4n) is 3.26. The first-order chi connectivity index (χ1) is 16.4. The van der Waals surface area contributed by atoms with Crippen molar-refractivity contribution in [2.75, 3.05) is 13.2 Å². The van der Waals surface area contributed by atoms with E-state index in [9.17, 15) is 9.46 Å². The molecule has 0 rings (SSSR count). The second-order valence-corrected chi connectivity index (χ2v) is 11.4. The summed E-state index contributed by atoms with van der Waals surface area (Å²) in [6.45, 7) is 17.0. The van der Waals surface area contributed by atoms with E-state index in [4.69, 9.17) is 9.05 Å². The van der Waals surface area contributed by atoms with Crippen LogP contribution in [0.25, 0.3) is 0 Å². The average molecular weight is 507 g/mol. The Hall–Kier alpha value is -1.45. The first kappa shape index (κ1) is 33.5. The van der Waals surface area contributed by atoms with E-state index in [0.29, 0.717) is 0 Å². The van der Waals surface area contributed by atoms with Crippen LogP contribution in [0.5, 0.6) is 0 Å². The van der Waals surface area contributed by atoms with Gasteiger partial charge in [0.2, 0.25) is 0 Å². The van der Waals surface area contributed by atoms with E-state index in [0.717, 1.165) is 62.5 Å². The molecule has 0 atom stereocenters. The van der Waals surface area contributed by atoms with Gasteiger partial charge < -0.3 is 4.89 Å². The summed E-state index contributed by atoms with van der Waals surface area (Å²) >= 11 is 0. The van der Waals surface area contributed by atoms with Crippen molar-refractivity contribution in [3.63, 3.8) is 0 Å². The summed E-state index contributed by atoms with van der Waals surface area (Å²) in [6.07, 6.45) is 20.9. The molecule has 0 aromatic carbocycles. The van der Waals surface area contributed by atoms with Gasteiger partial charge in [0.1, 0.15) is 0 Å². The lowest BCUT2D eigenvalue weighted by Crippen LogP contribution is -1.97. The van der Waals surface area contributed by atoms with E-state index >= 15 is 0 Å². The molecular weight excluding hydrogens is 455 g/mol. The van der Waals surface area contributed by atoms with Gasteiger partial charge >= 0.3 is 7.82 Å². The zero-order chi connectivity index (χ0) is 26.7. The zero-order valence-corrected chi connectivity index (χ0v) is 24.5. The summed E-state index contributed by atoms with van der Waals surface area (Å²) in [5, 5.41) is 0. The van der Waals surface area contributed by atoms with Gasteiger partial charge in [0.15, 0.2) is 0 Å². The normalized spacial score (nSPS) is 15.1. The Morgan fingerprint density at radius 1 is 0.543 bits per heavy atom. The smallest absolute Gasteiger partial charge is 0.302 e. The Balaban J connectivity index is 4.23. The van der Waals surface area contributed by atoms with Crippen molar-refractivity contribution in [3.05, 3.63) is 69.9 Å². The van der Waals surface area contributed by atoms with E-state index in [1.807, 2.05) is 26.0 Å². The van der Waals surface area contributed by atoms with Crippen LogP contribution >= 0.6 is 7.82 Å². The van der Waals surface area contributed by atoms with Crippen molar-refractivity contribution < 1.29 is 18.5 Å². The third-order valence-corrected chi connectivity index (χ3v) is 6.54. The molecule has 0 aliphatic rings. The lowest BCUT2D eigenvalue weighted by molar-refractivity contribution is 0.174. The van der Waals surface area contributed by atoms with Crippen LogP contribution in [0.15, 0.2) is 69.9 Å². The van der Waals surface area contributed by atoms with Crippen LogP contribution in [-0.2, 0) is 13.6 Å². The molecule has 0 saturated heterocycles. The standard InChI is InChI=1S/C30H51O4P/c1-25(2)13-9-15-27(5)17-11-19-29(7)21-23-33-35(31,32)34-24-22-30(8)20-12-18-28(6)16-10-14-26(3)4/h13-14,17-18,21-22H,9-12,15-16,19-20,23-24H2,1-8H3,(H,31,32). The Kier molecular flexibility index (Phi) is 18.9. The summed E-state index contributed by atoms with van der Waals surface area (Å²) in [6, 6.07) is 0. The second-order valence-electron chi connectivity index (χ2n) is 9.98. The Morgan fingerprint density at radius 3 is 1.14 bits per heavy atom. The van der Waals surface area contributed by atoms with Crippen LogP contribution < -0.4 is 0 Å². The fourth-order valence-corrected chi connectivity index (χ4v) is 3.86. The van der Waals surface area contributed by atoms with Crippen LogP contribution in [0, 0.1) is 0 Å². The minimum atomic E-state index is -4.05. The molecule has 0 unspecified atom stereocenters. The van der Waals surface area contributed by atoms with Gasteiger partial charge in [-0.2, -0.15) is 0 Å². The summed E-state index contributed by atoms with van der Waals surface area (Å²) < 4.78 is 22.3. The highest BCUT2D eigenvalue weighted by molar-refractivity contribution is 7.47. The number of rotatable bonds is 18. The van der Waals surface area contributed by atoms with Crippen LogP contribution in [0.1, 0.15) is 107 Å². The first-order valence-electron chi connectivity index (χ1n) is 12.9. The summed E-state index contributed by atoms with van der Waals surface area (Å²) in [7, 11) is -4.05. The fraction of sp³-hybridized carbons (Fsp3) is 0.600. The summed E-state index contributed by atoms with van der Waals surface area (Å²) in [4.78, 5) is 9.90. The molecule has 5 heteroatoms. The maximum absolute atomic E-state index is 12.1. The Labute approximate surface area is 216 Å². The van der Waals surface area contributed by atoms with Gasteiger partial charge in [0.05, 0.1) is 13.2 Å². The molecule has 0 spiro atoms. The van der Waals surface area contributed by atoms with Gasteiger partial charge in [-0.3, -0.25) is 9.05 Å². The highest BCUT2D eigenvalue weighted by atomic mass is 31.2. The van der Waals surface area contributed by atoms with Crippen LogP contribution in [-0.4, -0.2) is 18.1 Å². The lowest BCUT2D eigenvalue weighted by Gasteiger charge is -2.10. The van der Waals surface area contributed by atoms with Gasteiger partial charge in [-0.15, -0.1) is 0 Å². The number of allylic oxidation sites excluding steroid dienone is 10. The summed E-state index contributed by atoms with van der Waals surface area (Å²) in [5.74, 6) is 0. The van der Waals surface area contributed by atoms with Crippen molar-refractivity contribution in [2.45, 2.75) is 107 Å². The van der Waals surface area contributed by atoms with Crippen molar-refractivity contribution >= 4 is 7.82 Å². The van der Waals surface area contributed by atoms with Crippen LogP contribution in [0.3, 0.4) is 0 Å². The molecule has 0 aliphatic carbocycles. The minimum absolute atomic E-state index is 0.0718. The molecule has 0 saturated carbocycles. The largest absolute Gasteiger partial charge is 0.472 e. The molecule has 0 aromatic heterocycles. The molecular formula is C30H51O4P. The number of hydrogen-bond donors (Lipinski definition) is 1.